The average Bonchev–Trinajstić information content (AvgIpc) is 2.62. The number of nitrogens with zero attached hydrogens (tertiary/aromatic N) is 2. The molecular weight excluding hydrogens is 266 g/mol. The van der Waals surface area contributed by atoms with Crippen molar-refractivity contribution in [2.45, 2.75) is 51.4 Å². The van der Waals surface area contributed by atoms with Gasteiger partial charge < -0.3 is 5.73 Å². The van der Waals surface area contributed by atoms with E-state index in [1.165, 1.54) is 16.7 Å². The summed E-state index contributed by atoms with van der Waals surface area (Å²) in [7, 11) is 0. The van der Waals surface area contributed by atoms with E-state index in [1.54, 1.807) is 11.8 Å². The van der Waals surface area contributed by atoms with Crippen LogP contribution in [0.25, 0.3) is 0 Å². The zero-order valence-corrected chi connectivity index (χ0v) is 13.5. The van der Waals surface area contributed by atoms with Crippen molar-refractivity contribution in [3.8, 4) is 0 Å². The van der Waals surface area contributed by atoms with Crippen LogP contribution < -0.4 is 5.73 Å². The molecule has 0 saturated heterocycles. The molecule has 0 aliphatic heterocycles. The summed E-state index contributed by atoms with van der Waals surface area (Å²) in [5.41, 5.74) is 11.9. The fourth-order valence-corrected chi connectivity index (χ4v) is 3.45. The Morgan fingerprint density at radius 1 is 1.15 bits per heavy atom. The van der Waals surface area contributed by atoms with Gasteiger partial charge >= 0.3 is 0 Å². The van der Waals surface area contributed by atoms with E-state index in [2.05, 4.69) is 44.1 Å². The summed E-state index contributed by atoms with van der Waals surface area (Å²) in [6.07, 6.45) is 1.07. The maximum absolute atomic E-state index is 6.15. The summed E-state index contributed by atoms with van der Waals surface area (Å²) in [5.74, 6) is 0.932. The highest BCUT2D eigenvalue weighted by molar-refractivity contribution is 7.98. The minimum atomic E-state index is 0.827. The summed E-state index contributed by atoms with van der Waals surface area (Å²) >= 11 is 1.78. The van der Waals surface area contributed by atoms with Crippen molar-refractivity contribution in [2.24, 2.45) is 0 Å². The van der Waals surface area contributed by atoms with Crippen LogP contribution >= 0.6 is 11.8 Å². The van der Waals surface area contributed by atoms with E-state index in [0.717, 1.165) is 35.1 Å². The maximum Gasteiger partial charge on any atom is 0.118 e. The molecule has 1 aromatic heterocycles. The van der Waals surface area contributed by atoms with Crippen LogP contribution in [-0.2, 0) is 12.3 Å². The number of rotatable bonds is 5. The number of aryl methyl sites for hydroxylation is 4. The van der Waals surface area contributed by atoms with Crippen molar-refractivity contribution >= 4 is 17.4 Å². The summed E-state index contributed by atoms with van der Waals surface area (Å²) in [6.45, 7) is 9.34. The van der Waals surface area contributed by atoms with Gasteiger partial charge in [0.1, 0.15) is 5.03 Å². The minimum Gasteiger partial charge on any atom is -0.395 e. The van der Waals surface area contributed by atoms with Gasteiger partial charge in [0.25, 0.3) is 0 Å². The largest absolute Gasteiger partial charge is 0.395 e. The van der Waals surface area contributed by atoms with Gasteiger partial charge in [-0.25, -0.2) is 0 Å². The maximum atomic E-state index is 6.15. The van der Waals surface area contributed by atoms with Gasteiger partial charge in [0.2, 0.25) is 0 Å². The molecule has 0 aliphatic carbocycles. The highest BCUT2D eigenvalue weighted by Crippen LogP contribution is 2.31. The third kappa shape index (κ3) is 3.37. The summed E-state index contributed by atoms with van der Waals surface area (Å²) in [5, 5.41) is 5.62. The predicted molar refractivity (Wildman–Crippen MR) is 87.1 cm³/mol. The molecule has 2 aromatic rings. The second-order valence-corrected chi connectivity index (χ2v) is 6.28. The molecular formula is C16H23N3S. The Bertz CT molecular complexity index is 582. The van der Waals surface area contributed by atoms with E-state index in [0.29, 0.717) is 0 Å². The summed E-state index contributed by atoms with van der Waals surface area (Å²) < 4.78 is 2.04. The second-order valence-electron chi connectivity index (χ2n) is 5.31. The Hall–Kier alpha value is -1.42. The molecule has 0 radical (unpaired) electrons. The van der Waals surface area contributed by atoms with Crippen LogP contribution in [0.4, 0.5) is 5.69 Å². The molecule has 0 fully saturated rings. The third-order valence-electron chi connectivity index (χ3n) is 3.22. The van der Waals surface area contributed by atoms with Crippen LogP contribution in [-0.4, -0.2) is 9.78 Å². The Balaban J connectivity index is 2.17. The quantitative estimate of drug-likeness (QED) is 0.843. The Morgan fingerprint density at radius 2 is 1.80 bits per heavy atom. The monoisotopic (exact) mass is 289 g/mol. The highest BCUT2D eigenvalue weighted by Gasteiger charge is 2.12. The van der Waals surface area contributed by atoms with Gasteiger partial charge in [-0.2, -0.15) is 5.10 Å². The van der Waals surface area contributed by atoms with E-state index in [4.69, 9.17) is 5.73 Å². The van der Waals surface area contributed by atoms with Crippen LogP contribution in [0.5, 0.6) is 0 Å². The summed E-state index contributed by atoms with van der Waals surface area (Å²) in [4.78, 5) is 0. The molecule has 2 rings (SSSR count). The van der Waals surface area contributed by atoms with Gasteiger partial charge in [-0.15, -0.1) is 0 Å². The first kappa shape index (κ1) is 15.0. The Kier molecular flexibility index (Phi) is 4.76. The molecule has 108 valence electrons. The predicted octanol–water partition coefficient (Wildman–Crippen LogP) is 4.09. The molecule has 0 saturated carbocycles. The lowest BCUT2D eigenvalue weighted by Gasteiger charge is -2.08. The number of hydrogen-bond acceptors (Lipinski definition) is 3. The zero-order chi connectivity index (χ0) is 14.7. The molecule has 0 aliphatic rings. The Morgan fingerprint density at radius 3 is 2.40 bits per heavy atom. The third-order valence-corrected chi connectivity index (χ3v) is 4.40. The molecule has 1 aromatic carbocycles. The van der Waals surface area contributed by atoms with Crippen molar-refractivity contribution in [2.75, 3.05) is 5.73 Å². The van der Waals surface area contributed by atoms with Crippen molar-refractivity contribution in [3.05, 3.63) is 40.6 Å². The summed E-state index contributed by atoms with van der Waals surface area (Å²) in [6, 6.07) is 6.68. The number of hydrogen-bond donors (Lipinski definition) is 1. The van der Waals surface area contributed by atoms with E-state index in [9.17, 15) is 0 Å². The van der Waals surface area contributed by atoms with Gasteiger partial charge in [-0.05, 0) is 32.8 Å². The second kappa shape index (κ2) is 6.35. The van der Waals surface area contributed by atoms with Crippen LogP contribution in [0.2, 0.25) is 0 Å². The molecule has 0 unspecified atom stereocenters. The Labute approximate surface area is 125 Å². The van der Waals surface area contributed by atoms with Gasteiger partial charge in [-0.3, -0.25) is 4.68 Å². The van der Waals surface area contributed by atoms with Gasteiger partial charge in [0.05, 0.1) is 11.4 Å². The van der Waals surface area contributed by atoms with Crippen molar-refractivity contribution in [1.29, 1.82) is 0 Å². The fraction of sp³-hybridized carbons (Fsp3) is 0.438. The number of aromatic nitrogens is 2. The van der Waals surface area contributed by atoms with E-state index >= 15 is 0 Å². The van der Waals surface area contributed by atoms with Crippen LogP contribution in [0.15, 0.2) is 23.2 Å². The standard InChI is InChI=1S/C16H23N3S/c1-5-6-19-16(15(17)13(4)18-19)20-10-14-8-11(2)7-12(3)9-14/h7-9H,5-6,10,17H2,1-4H3. The fourth-order valence-electron chi connectivity index (χ4n) is 2.39. The smallest absolute Gasteiger partial charge is 0.118 e. The molecule has 20 heavy (non-hydrogen) atoms. The van der Waals surface area contributed by atoms with Gasteiger partial charge in [0.15, 0.2) is 0 Å². The number of anilines is 1. The molecule has 0 amide bonds. The normalized spacial score (nSPS) is 11.0. The first-order chi connectivity index (χ1) is 9.51. The first-order valence-electron chi connectivity index (χ1n) is 7.04. The lowest BCUT2D eigenvalue weighted by molar-refractivity contribution is 0.556. The van der Waals surface area contributed by atoms with Gasteiger partial charge in [-0.1, -0.05) is 48.0 Å². The number of benzene rings is 1. The molecule has 0 bridgehead atoms. The minimum absolute atomic E-state index is 0.827. The molecule has 0 atom stereocenters. The molecule has 3 nitrogen and oxygen atoms in total. The average molecular weight is 289 g/mol. The molecule has 2 N–H and O–H groups in total. The first-order valence-corrected chi connectivity index (χ1v) is 8.02. The van der Waals surface area contributed by atoms with E-state index in [-0.39, 0.29) is 0 Å². The van der Waals surface area contributed by atoms with Crippen LogP contribution in [0, 0.1) is 20.8 Å². The van der Waals surface area contributed by atoms with Crippen LogP contribution in [0.1, 0.15) is 35.7 Å². The van der Waals surface area contributed by atoms with Crippen molar-refractivity contribution in [1.82, 2.24) is 9.78 Å². The van der Waals surface area contributed by atoms with Crippen LogP contribution in [0.3, 0.4) is 0 Å². The topological polar surface area (TPSA) is 43.8 Å². The van der Waals surface area contributed by atoms with Crippen molar-refractivity contribution < 1.29 is 0 Å². The molecule has 4 heteroatoms. The molecule has 1 heterocycles. The molecule has 0 spiro atoms. The SMILES string of the molecule is CCCn1nc(C)c(N)c1SCc1cc(C)cc(C)c1. The van der Waals surface area contributed by atoms with Crippen molar-refractivity contribution in [3.63, 3.8) is 0 Å². The lowest BCUT2D eigenvalue weighted by atomic mass is 10.1. The van der Waals surface area contributed by atoms with E-state index in [1.807, 2.05) is 11.6 Å². The highest BCUT2D eigenvalue weighted by atomic mass is 32.2. The van der Waals surface area contributed by atoms with E-state index < -0.39 is 0 Å². The number of nitrogen functional groups attached to an aromatic ring is 1. The van der Waals surface area contributed by atoms with Gasteiger partial charge in [0, 0.05) is 12.3 Å². The number of nitrogens with two attached hydrogens (primary N) is 1. The number of thioether (sulfide) groups is 1. The zero-order valence-electron chi connectivity index (χ0n) is 12.7. The lowest BCUT2D eigenvalue weighted by Crippen LogP contribution is -2.01.